The molecule has 0 aliphatic rings. The molecule has 0 spiro atoms. The molecule has 0 fully saturated rings. The smallest absolute Gasteiger partial charge is 0.306 e. The number of benzene rings is 1. The first-order valence-corrected chi connectivity index (χ1v) is 6.31. The van der Waals surface area contributed by atoms with E-state index in [1.807, 2.05) is 25.1 Å². The van der Waals surface area contributed by atoms with Crippen molar-refractivity contribution in [2.24, 2.45) is 0 Å². The highest BCUT2D eigenvalue weighted by Crippen LogP contribution is 2.20. The van der Waals surface area contributed by atoms with Crippen LogP contribution in [0.4, 0.5) is 0 Å². The lowest BCUT2D eigenvalue weighted by Crippen LogP contribution is -2.03. The van der Waals surface area contributed by atoms with E-state index in [2.05, 4.69) is 31.9 Å². The van der Waals surface area contributed by atoms with Gasteiger partial charge in [-0.05, 0) is 30.2 Å². The number of rotatable bonds is 4. The second-order valence-electron chi connectivity index (χ2n) is 3.19. The summed E-state index contributed by atoms with van der Waals surface area (Å²) in [6.07, 6.45) is 1.30. The summed E-state index contributed by atoms with van der Waals surface area (Å²) in [7, 11) is 0. The van der Waals surface area contributed by atoms with Crippen LogP contribution in [-0.2, 0) is 16.1 Å². The molecule has 0 heterocycles. The number of hydrogen-bond acceptors (Lipinski definition) is 2. The molecule has 0 saturated heterocycles. The fraction of sp³-hybridized carbons (Fsp3) is 0.364. The number of esters is 1. The van der Waals surface area contributed by atoms with Gasteiger partial charge in [0.25, 0.3) is 0 Å². The number of ether oxygens (including phenoxy) is 1. The highest BCUT2D eigenvalue weighted by atomic mass is 79.9. The van der Waals surface area contributed by atoms with E-state index in [9.17, 15) is 4.79 Å². The third kappa shape index (κ3) is 4.80. The predicted molar refractivity (Wildman–Crippen MR) is 66.5 cm³/mol. The first kappa shape index (κ1) is 12.7. The Labute approximate surface area is 106 Å². The van der Waals surface area contributed by atoms with E-state index < -0.39 is 0 Å². The summed E-state index contributed by atoms with van der Waals surface area (Å²) in [5.74, 6) is -0.145. The lowest BCUT2D eigenvalue weighted by atomic mass is 10.2. The molecule has 1 aromatic carbocycles. The third-order valence-electron chi connectivity index (χ3n) is 1.78. The van der Waals surface area contributed by atoms with E-state index >= 15 is 0 Å². The lowest BCUT2D eigenvalue weighted by molar-refractivity contribution is -0.144. The van der Waals surface area contributed by atoms with Gasteiger partial charge in [0.2, 0.25) is 0 Å². The third-order valence-corrected chi connectivity index (χ3v) is 2.69. The Kier molecular flexibility index (Phi) is 5.32. The fourth-order valence-electron chi connectivity index (χ4n) is 1.13. The van der Waals surface area contributed by atoms with Gasteiger partial charge in [-0.3, -0.25) is 4.79 Å². The average Bonchev–Trinajstić information content (AvgIpc) is 2.14. The zero-order valence-corrected chi connectivity index (χ0v) is 11.6. The molecule has 0 aromatic heterocycles. The van der Waals surface area contributed by atoms with Crippen LogP contribution in [0.3, 0.4) is 0 Å². The van der Waals surface area contributed by atoms with Crippen molar-refractivity contribution in [3.8, 4) is 0 Å². The lowest BCUT2D eigenvalue weighted by Gasteiger charge is -2.05. The molecule has 0 aliphatic heterocycles. The SMILES string of the molecule is CCCC(=O)OCc1cc(Br)cc(Br)c1. The summed E-state index contributed by atoms with van der Waals surface area (Å²) in [6.45, 7) is 2.29. The van der Waals surface area contributed by atoms with E-state index in [-0.39, 0.29) is 5.97 Å². The zero-order valence-electron chi connectivity index (χ0n) is 8.43. The molecule has 0 amide bonds. The molecule has 0 saturated carbocycles. The molecular weight excluding hydrogens is 324 g/mol. The van der Waals surface area contributed by atoms with Crippen LogP contribution in [-0.4, -0.2) is 5.97 Å². The van der Waals surface area contributed by atoms with E-state index in [0.29, 0.717) is 13.0 Å². The van der Waals surface area contributed by atoms with Gasteiger partial charge in [0.15, 0.2) is 0 Å². The predicted octanol–water partition coefficient (Wildman–Crippen LogP) is 4.05. The summed E-state index contributed by atoms with van der Waals surface area (Å²) in [4.78, 5) is 11.1. The maximum Gasteiger partial charge on any atom is 0.306 e. The maximum atomic E-state index is 11.1. The first-order valence-electron chi connectivity index (χ1n) is 4.72. The van der Waals surface area contributed by atoms with Gasteiger partial charge in [0, 0.05) is 15.4 Å². The molecule has 0 aliphatic carbocycles. The van der Waals surface area contributed by atoms with Crippen LogP contribution in [0.15, 0.2) is 27.1 Å². The molecule has 1 aromatic rings. The number of hydrogen-bond donors (Lipinski definition) is 0. The van der Waals surface area contributed by atoms with Crippen molar-refractivity contribution in [2.75, 3.05) is 0 Å². The van der Waals surface area contributed by atoms with Gasteiger partial charge in [0.1, 0.15) is 6.61 Å². The van der Waals surface area contributed by atoms with Gasteiger partial charge in [-0.25, -0.2) is 0 Å². The second-order valence-corrected chi connectivity index (χ2v) is 5.02. The normalized spacial score (nSPS) is 10.1. The molecular formula is C11H12Br2O2. The molecule has 0 unspecified atom stereocenters. The van der Waals surface area contributed by atoms with Crippen LogP contribution in [0.25, 0.3) is 0 Å². The molecule has 15 heavy (non-hydrogen) atoms. The minimum Gasteiger partial charge on any atom is -0.461 e. The summed E-state index contributed by atoms with van der Waals surface area (Å²) in [6, 6.07) is 5.81. The van der Waals surface area contributed by atoms with Gasteiger partial charge in [-0.2, -0.15) is 0 Å². The van der Waals surface area contributed by atoms with Crippen molar-refractivity contribution in [3.05, 3.63) is 32.7 Å². The Hall–Kier alpha value is -0.350. The molecule has 1 rings (SSSR count). The van der Waals surface area contributed by atoms with Gasteiger partial charge in [-0.15, -0.1) is 0 Å². The van der Waals surface area contributed by atoms with Gasteiger partial charge in [-0.1, -0.05) is 38.8 Å². The molecule has 2 nitrogen and oxygen atoms in total. The highest BCUT2D eigenvalue weighted by Gasteiger charge is 2.03. The Bertz CT molecular complexity index is 330. The van der Waals surface area contributed by atoms with E-state index in [0.717, 1.165) is 20.9 Å². The summed E-state index contributed by atoms with van der Waals surface area (Å²) < 4.78 is 7.04. The maximum absolute atomic E-state index is 11.1. The van der Waals surface area contributed by atoms with Crippen molar-refractivity contribution in [3.63, 3.8) is 0 Å². The van der Waals surface area contributed by atoms with Crippen molar-refractivity contribution >= 4 is 37.8 Å². The van der Waals surface area contributed by atoms with Crippen molar-refractivity contribution in [1.29, 1.82) is 0 Å². The Morgan fingerprint density at radius 1 is 1.27 bits per heavy atom. The zero-order chi connectivity index (χ0) is 11.3. The highest BCUT2D eigenvalue weighted by molar-refractivity contribution is 9.11. The Balaban J connectivity index is 2.54. The summed E-state index contributed by atoms with van der Waals surface area (Å²) in [5.41, 5.74) is 0.973. The molecule has 0 radical (unpaired) electrons. The molecule has 0 bridgehead atoms. The van der Waals surface area contributed by atoms with Crippen LogP contribution in [0.2, 0.25) is 0 Å². The summed E-state index contributed by atoms with van der Waals surface area (Å²) >= 11 is 6.76. The van der Waals surface area contributed by atoms with Gasteiger partial charge in [0.05, 0.1) is 0 Å². The topological polar surface area (TPSA) is 26.3 Å². The second kappa shape index (κ2) is 6.28. The Morgan fingerprint density at radius 3 is 2.40 bits per heavy atom. The van der Waals surface area contributed by atoms with Crippen LogP contribution in [0, 0.1) is 0 Å². The van der Waals surface area contributed by atoms with Crippen LogP contribution >= 0.6 is 31.9 Å². The van der Waals surface area contributed by atoms with Crippen molar-refractivity contribution in [2.45, 2.75) is 26.4 Å². The Morgan fingerprint density at radius 2 is 1.87 bits per heavy atom. The largest absolute Gasteiger partial charge is 0.461 e. The van der Waals surface area contributed by atoms with Crippen LogP contribution in [0.5, 0.6) is 0 Å². The van der Waals surface area contributed by atoms with Crippen molar-refractivity contribution in [1.82, 2.24) is 0 Å². The quantitative estimate of drug-likeness (QED) is 0.776. The fourth-order valence-corrected chi connectivity index (χ4v) is 2.52. The molecule has 4 heteroatoms. The minimum atomic E-state index is -0.145. The number of carbonyl (C=O) groups is 1. The average molecular weight is 336 g/mol. The first-order chi connectivity index (χ1) is 7.11. The molecule has 0 N–H and O–H groups in total. The monoisotopic (exact) mass is 334 g/mol. The van der Waals surface area contributed by atoms with E-state index in [1.165, 1.54) is 0 Å². The molecule has 0 atom stereocenters. The number of halogens is 2. The minimum absolute atomic E-state index is 0.145. The van der Waals surface area contributed by atoms with Crippen LogP contribution < -0.4 is 0 Å². The van der Waals surface area contributed by atoms with E-state index in [4.69, 9.17) is 4.74 Å². The standard InChI is InChI=1S/C11H12Br2O2/c1-2-3-11(14)15-7-8-4-9(12)6-10(13)5-8/h4-6H,2-3,7H2,1H3. The van der Waals surface area contributed by atoms with Crippen LogP contribution in [0.1, 0.15) is 25.3 Å². The van der Waals surface area contributed by atoms with Gasteiger partial charge < -0.3 is 4.74 Å². The van der Waals surface area contributed by atoms with Crippen molar-refractivity contribution < 1.29 is 9.53 Å². The van der Waals surface area contributed by atoms with E-state index in [1.54, 1.807) is 0 Å². The van der Waals surface area contributed by atoms with Gasteiger partial charge >= 0.3 is 5.97 Å². The molecule has 82 valence electrons. The number of carbonyl (C=O) groups excluding carboxylic acids is 1. The summed E-state index contributed by atoms with van der Waals surface area (Å²) in [5, 5.41) is 0.